The van der Waals surface area contributed by atoms with Crippen molar-refractivity contribution in [1.29, 1.82) is 0 Å². The second kappa shape index (κ2) is 49.6. The number of aromatic amines is 3. The van der Waals surface area contributed by atoms with Crippen molar-refractivity contribution in [2.75, 3.05) is 58.9 Å². The van der Waals surface area contributed by atoms with Crippen LogP contribution in [0.25, 0.3) is 21.8 Å². The van der Waals surface area contributed by atoms with Gasteiger partial charge in [0.2, 0.25) is 94.5 Å². The Morgan fingerprint density at radius 1 is 0.519 bits per heavy atom. The Morgan fingerprint density at radius 3 is 1.61 bits per heavy atom. The lowest BCUT2D eigenvalue weighted by molar-refractivity contribution is -0.149. The number of aromatic hydroxyl groups is 1. The van der Waals surface area contributed by atoms with E-state index in [1.165, 1.54) is 64.0 Å². The van der Waals surface area contributed by atoms with Crippen LogP contribution >= 0.6 is 11.8 Å². The first-order chi connectivity index (χ1) is 64.3. The minimum atomic E-state index is -1.97. The number of hydrogen-bond donors (Lipinski definition) is 20. The number of imidazole rings is 1. The molecule has 21 N–H and O–H groups in total. The summed E-state index contributed by atoms with van der Waals surface area (Å²) in [6.45, 7) is 1.98. The zero-order valence-corrected chi connectivity index (χ0v) is 76.3. The smallest absolute Gasteiger partial charge is 0.305 e. The van der Waals surface area contributed by atoms with Crippen molar-refractivity contribution in [2.45, 2.75) is 227 Å². The molecule has 3 aromatic carbocycles. The molecule has 6 aromatic rings. The summed E-state index contributed by atoms with van der Waals surface area (Å²) in [6.07, 6.45) is -0.665. The summed E-state index contributed by atoms with van der Waals surface area (Å²) in [5.74, 6) is -22.8. The first kappa shape index (κ1) is 105. The standard InChI is InChI=1S/C89H118N20O25S/c1-7-9-20-67-82(127)97-58(27-29-73(115)116)78(123)104-66(77(122)94-41-71(90)113)44-135-45-72(114)96-62(32-48-23-25-52(111)26-24-48)85(130)105(4)47(3)76(121)101-64(37-75(119)120)88(133)108-31-15-22-68(108)83(128)100-61(35-51-40-91-46-95-51)80(125)98-59(28-30-74(117)118)87(132)109-42-53(112)36-70(109)84(129)99-60(33-49-38-92-56-18-13-11-16-54(49)56)79(124)103-65(43-110)81(126)102-63(34-50-39-93-57-19-14-12-17-55(50)57)86(131)107(6)69(21-10-8-2)89(134)106(67)5/h11-14,16-19,23-26,38-40,46-47,53,58-70,92-93,110-112H,7-10,15,20-22,27-37,41-45H2,1-6H3,(H2,90,113)(H,91,95)(H,94,122)(H,96,114)(H,97,127)(H,98,125)(H,99,129)(H,100,128)(H,101,121)(H,102,126)(H,103,124)(H,104,123)(H,115,116)(H,117,118)(H,119,120)/t47-,53+,58-,59-,60-,61-,62-,63-,64+,65-,66-,67-,68-,69-,70-/m0/s1. The van der Waals surface area contributed by atoms with Crippen molar-refractivity contribution in [2.24, 2.45) is 5.73 Å². The molecule has 0 spiro atoms. The van der Waals surface area contributed by atoms with Gasteiger partial charge in [0.15, 0.2) is 0 Å². The highest BCUT2D eigenvalue weighted by atomic mass is 32.2. The number of aliphatic hydroxyl groups is 2. The molecule has 3 aliphatic rings. The Morgan fingerprint density at radius 2 is 1.03 bits per heavy atom. The van der Waals surface area contributed by atoms with E-state index in [0.717, 1.165) is 31.5 Å². The SMILES string of the molecule is CCCC[C@H]1C(=O)N(C)[C@@H](CCCC)C(=O)N[C@@H](CCC(=O)O)C(=O)N[C@H](C(=O)NCC(N)=O)CSCC(=O)N[C@@H](Cc2ccc(O)cc2)C(=O)N(C)[C@@H](C)C(=O)N[C@H](CC(=O)O)C(=O)N2CCC[C@H]2C(=O)N[C@@H](Cc2cnc[nH]2)C(=O)N[C@@H](CCC(=O)O)C(=O)N2C[C@H](O)C[C@H]2C(=O)N[C@@H](Cc2c[nH]c3ccccc23)C(=O)N[C@@H](CO)C(=O)N[C@@H](Cc2c[nH]c3ccccc23)C(=O)N1C. The number of primary amides is 1. The molecule has 3 aromatic heterocycles. The van der Waals surface area contributed by atoms with Crippen molar-refractivity contribution in [1.82, 2.24) is 97.6 Å². The third-order valence-corrected chi connectivity index (χ3v) is 24.9. The van der Waals surface area contributed by atoms with Gasteiger partial charge in [-0.3, -0.25) is 91.1 Å². The third kappa shape index (κ3) is 29.0. The van der Waals surface area contributed by atoms with Gasteiger partial charge >= 0.3 is 17.9 Å². The fraction of sp³-hybridized carbons (Fsp3) is 0.506. The number of carbonyl (C=O) groups is 19. The van der Waals surface area contributed by atoms with Crippen LogP contribution in [-0.2, 0) is 117 Å². The number of unbranched alkanes of at least 4 members (excludes halogenated alkanes) is 2. The Bertz CT molecular complexity index is 5280. The normalized spacial score (nSPS) is 24.7. The number of carboxylic acids is 3. The number of nitrogens with one attached hydrogen (secondary N) is 13. The number of rotatable bonds is 26. The molecule has 0 unspecified atom stereocenters. The Balaban J connectivity index is 1.10. The number of para-hydroxylation sites is 2. The number of amides is 16. The number of likely N-dealkylation sites (N-methyl/N-ethyl adjacent to an activating group) is 3. The summed E-state index contributed by atoms with van der Waals surface area (Å²) in [5, 5.41) is 89.5. The average molecular weight is 1900 g/mol. The molecule has 3 aliphatic heterocycles. The molecular weight excluding hydrogens is 1780 g/mol. The highest BCUT2D eigenvalue weighted by molar-refractivity contribution is 8.00. The summed E-state index contributed by atoms with van der Waals surface area (Å²) in [6, 6.07) is -4.70. The second-order valence-electron chi connectivity index (χ2n) is 33.7. The number of nitrogens with two attached hydrogens (primary N) is 1. The maximum atomic E-state index is 15.7. The van der Waals surface area contributed by atoms with Crippen molar-refractivity contribution >= 4 is 146 Å². The highest BCUT2D eigenvalue weighted by Crippen LogP contribution is 2.28. The van der Waals surface area contributed by atoms with Gasteiger partial charge in [-0.05, 0) is 86.4 Å². The first-order valence-corrected chi connectivity index (χ1v) is 45.5. The monoisotopic (exact) mass is 1900 g/mol. The zero-order chi connectivity index (χ0) is 98.6. The number of H-pyrrole nitrogens is 3. The highest BCUT2D eigenvalue weighted by Gasteiger charge is 2.47. The van der Waals surface area contributed by atoms with Gasteiger partial charge < -0.3 is 129 Å². The van der Waals surface area contributed by atoms with Gasteiger partial charge in [-0.15, -0.1) is 11.8 Å². The maximum Gasteiger partial charge on any atom is 0.305 e. The Labute approximate surface area is 779 Å². The number of aliphatic carboxylic acids is 3. The van der Waals surface area contributed by atoms with E-state index in [2.05, 4.69) is 73.1 Å². The van der Waals surface area contributed by atoms with Crippen molar-refractivity contribution in [3.8, 4) is 5.75 Å². The van der Waals surface area contributed by atoms with E-state index in [9.17, 15) is 88.2 Å². The van der Waals surface area contributed by atoms with E-state index < -0.39 is 279 Å². The number of hydrogen-bond acceptors (Lipinski definition) is 24. The lowest BCUT2D eigenvalue weighted by Crippen LogP contribution is -2.61. The first-order valence-electron chi connectivity index (χ1n) is 44.4. The predicted octanol–water partition coefficient (Wildman–Crippen LogP) is -2.91. The molecule has 16 amide bonds. The quantitative estimate of drug-likeness (QED) is 0.0259. The van der Waals surface area contributed by atoms with E-state index >= 15 is 33.6 Å². The van der Waals surface area contributed by atoms with Crippen molar-refractivity contribution in [3.05, 3.63) is 120 Å². The molecule has 0 aliphatic carbocycles. The van der Waals surface area contributed by atoms with Crippen molar-refractivity contribution < 1.29 is 122 Å². The Hall–Kier alpha value is -14.1. The molecular formula is C89H118N20O25S. The number of benzene rings is 3. The van der Waals surface area contributed by atoms with Crippen LogP contribution in [0.1, 0.15) is 133 Å². The molecule has 730 valence electrons. The third-order valence-electron chi connectivity index (χ3n) is 23.9. The molecule has 0 radical (unpaired) electrons. The molecule has 135 heavy (non-hydrogen) atoms. The van der Waals surface area contributed by atoms with E-state index in [0.29, 0.717) is 63.1 Å². The number of phenolic OH excluding ortho intramolecular Hbond substituents is 1. The summed E-state index contributed by atoms with van der Waals surface area (Å²) >= 11 is 0.681. The second-order valence-corrected chi connectivity index (χ2v) is 34.7. The van der Waals surface area contributed by atoms with E-state index in [4.69, 9.17) is 5.73 Å². The fourth-order valence-corrected chi connectivity index (χ4v) is 17.2. The number of fused-ring (bicyclic) bond motifs is 4. The zero-order valence-electron chi connectivity index (χ0n) is 75.5. The number of thioether (sulfide) groups is 1. The molecule has 0 saturated carbocycles. The number of carbonyl (C=O) groups excluding carboxylic acids is 16. The van der Waals surface area contributed by atoms with Crippen LogP contribution in [0.4, 0.5) is 0 Å². The van der Waals surface area contributed by atoms with Crippen LogP contribution in [0.2, 0.25) is 0 Å². The van der Waals surface area contributed by atoms with Crippen LogP contribution in [0, 0.1) is 0 Å². The van der Waals surface area contributed by atoms with E-state index in [-0.39, 0.29) is 75.8 Å². The molecule has 9 rings (SSSR count). The van der Waals surface area contributed by atoms with Crippen LogP contribution in [0.5, 0.6) is 5.75 Å². The molecule has 46 heteroatoms. The number of carboxylic acid groups (broad SMARTS) is 3. The minimum Gasteiger partial charge on any atom is -0.508 e. The molecule has 3 saturated heterocycles. The largest absolute Gasteiger partial charge is 0.508 e. The molecule has 45 nitrogen and oxygen atoms in total. The fourth-order valence-electron chi connectivity index (χ4n) is 16.3. The van der Waals surface area contributed by atoms with Gasteiger partial charge in [-0.1, -0.05) is 88.1 Å². The van der Waals surface area contributed by atoms with E-state index in [1.807, 2.05) is 0 Å². The lowest BCUT2D eigenvalue weighted by Gasteiger charge is -2.36. The topological polar surface area (TPSA) is 668 Å². The number of phenols is 1. The van der Waals surface area contributed by atoms with Gasteiger partial charge in [-0.2, -0.15) is 0 Å². The summed E-state index contributed by atoms with van der Waals surface area (Å²) in [7, 11) is 3.70. The minimum absolute atomic E-state index is 0.0694. The van der Waals surface area contributed by atoms with Gasteiger partial charge in [0, 0.05) is 131 Å². The van der Waals surface area contributed by atoms with Crippen LogP contribution in [-0.4, -0.2) is 337 Å². The average Bonchev–Trinajstić information content (AvgIpc) is 1.66. The van der Waals surface area contributed by atoms with Crippen molar-refractivity contribution in [3.63, 3.8) is 0 Å². The van der Waals surface area contributed by atoms with E-state index in [1.54, 1.807) is 68.6 Å². The summed E-state index contributed by atoms with van der Waals surface area (Å²) in [4.78, 5) is 291. The number of aromatic nitrogens is 4. The molecule has 3 fully saturated rings. The maximum absolute atomic E-state index is 15.7. The van der Waals surface area contributed by atoms with Gasteiger partial charge in [0.1, 0.15) is 90.3 Å². The van der Waals surface area contributed by atoms with Crippen LogP contribution in [0.3, 0.4) is 0 Å². The van der Waals surface area contributed by atoms with Gasteiger partial charge in [0.25, 0.3) is 0 Å². The Kier molecular flexibility index (Phi) is 38.5. The van der Waals surface area contributed by atoms with Crippen LogP contribution < -0.4 is 58.9 Å². The molecule has 0 bridgehead atoms. The molecule has 15 atom stereocenters. The van der Waals surface area contributed by atoms with Gasteiger partial charge in [0.05, 0.1) is 37.8 Å². The number of aliphatic hydroxyl groups excluding tert-OH is 2. The summed E-state index contributed by atoms with van der Waals surface area (Å²) in [5.41, 5.74) is 7.98. The van der Waals surface area contributed by atoms with Crippen LogP contribution in [0.15, 0.2) is 97.7 Å². The predicted molar refractivity (Wildman–Crippen MR) is 483 cm³/mol. The summed E-state index contributed by atoms with van der Waals surface area (Å²) < 4.78 is 0. The lowest BCUT2D eigenvalue weighted by atomic mass is 10.00. The molecule has 6 heterocycles. The number of nitrogens with zero attached hydrogens (tertiary/aromatic N) is 6. The van der Waals surface area contributed by atoms with Gasteiger partial charge in [-0.25, -0.2) is 4.98 Å².